The molecule has 152 valence electrons. The highest BCUT2D eigenvalue weighted by molar-refractivity contribution is 5.84. The van der Waals surface area contributed by atoms with Crippen molar-refractivity contribution in [1.82, 2.24) is 10.3 Å². The monoisotopic (exact) mass is 390 g/mol. The number of aromatic amines is 1. The Morgan fingerprint density at radius 3 is 2.52 bits per heavy atom. The van der Waals surface area contributed by atoms with E-state index in [1.807, 2.05) is 0 Å². The third-order valence-electron chi connectivity index (χ3n) is 6.92. The molecule has 1 saturated carbocycles. The fourth-order valence-corrected chi connectivity index (χ4v) is 5.44. The number of benzene rings is 2. The molecule has 0 bridgehead atoms. The highest BCUT2D eigenvalue weighted by Gasteiger charge is 2.47. The summed E-state index contributed by atoms with van der Waals surface area (Å²) in [6, 6.07) is 17.1. The van der Waals surface area contributed by atoms with Gasteiger partial charge in [0.2, 0.25) is 0 Å². The Bertz CT molecular complexity index is 986. The van der Waals surface area contributed by atoms with Gasteiger partial charge in [0.15, 0.2) is 0 Å². The number of fused-ring (bicyclic) bond motifs is 1. The van der Waals surface area contributed by atoms with Crippen LogP contribution in [-0.4, -0.2) is 24.2 Å². The van der Waals surface area contributed by atoms with Crippen molar-refractivity contribution in [3.63, 3.8) is 0 Å². The fourth-order valence-electron chi connectivity index (χ4n) is 5.44. The molecule has 2 fully saturated rings. The van der Waals surface area contributed by atoms with Crippen LogP contribution >= 0.6 is 0 Å². The molecule has 4 heteroatoms. The van der Waals surface area contributed by atoms with Crippen molar-refractivity contribution in [3.05, 3.63) is 65.4 Å². The average Bonchev–Trinajstić information content (AvgIpc) is 3.10. The molecule has 2 aliphatic rings. The molecule has 1 spiro atoms. The molecule has 29 heavy (non-hydrogen) atoms. The summed E-state index contributed by atoms with van der Waals surface area (Å²) in [5, 5.41) is 4.99. The summed E-state index contributed by atoms with van der Waals surface area (Å²) >= 11 is 0. The molecule has 2 N–H and O–H groups in total. The minimum Gasteiger partial charge on any atom is -0.497 e. The second-order valence-electron chi connectivity index (χ2n) is 8.57. The normalized spacial score (nSPS) is 24.1. The lowest BCUT2D eigenvalue weighted by molar-refractivity contribution is -0.167. The Labute approximate surface area is 172 Å². The molecular weight excluding hydrogens is 360 g/mol. The maximum Gasteiger partial charge on any atom is 0.137 e. The first kappa shape index (κ1) is 18.7. The summed E-state index contributed by atoms with van der Waals surface area (Å²) < 4.78 is 12.4. The lowest BCUT2D eigenvalue weighted by Gasteiger charge is -2.50. The van der Waals surface area contributed by atoms with E-state index < -0.39 is 0 Å². The summed E-state index contributed by atoms with van der Waals surface area (Å²) in [5.74, 6) is 1.26. The highest BCUT2D eigenvalue weighted by atomic mass is 16.5. The van der Waals surface area contributed by atoms with E-state index in [0.717, 1.165) is 25.1 Å². The van der Waals surface area contributed by atoms with E-state index in [0.29, 0.717) is 5.92 Å². The second kappa shape index (κ2) is 7.51. The van der Waals surface area contributed by atoms with Crippen LogP contribution in [0.5, 0.6) is 5.75 Å². The Kier molecular flexibility index (Phi) is 4.84. The van der Waals surface area contributed by atoms with Gasteiger partial charge in [-0.3, -0.25) is 5.32 Å². The molecule has 1 aliphatic heterocycles. The van der Waals surface area contributed by atoms with Crippen LogP contribution in [0.2, 0.25) is 0 Å². The van der Waals surface area contributed by atoms with Crippen molar-refractivity contribution in [3.8, 4) is 5.75 Å². The van der Waals surface area contributed by atoms with Gasteiger partial charge in [0.25, 0.3) is 0 Å². The van der Waals surface area contributed by atoms with E-state index in [1.54, 1.807) is 7.11 Å². The molecular formula is C25H30N2O2. The van der Waals surface area contributed by atoms with Gasteiger partial charge in [0, 0.05) is 34.6 Å². The Hall–Kier alpha value is -2.30. The molecule has 2 heterocycles. The molecule has 5 rings (SSSR count). The Morgan fingerprint density at radius 1 is 1.00 bits per heavy atom. The molecule has 4 nitrogen and oxygen atoms in total. The first-order valence-electron chi connectivity index (χ1n) is 10.8. The van der Waals surface area contributed by atoms with Gasteiger partial charge in [-0.25, -0.2) is 0 Å². The summed E-state index contributed by atoms with van der Waals surface area (Å²) in [6.45, 7) is 3.08. The van der Waals surface area contributed by atoms with E-state index in [2.05, 4.69) is 65.8 Å². The predicted molar refractivity (Wildman–Crippen MR) is 116 cm³/mol. The standard InChI is InChI=1S/C25H30N2O2/c1-17-23(20-8-4-5-9-22(20)27-17)24-26-16-21(18-10-12-19(28-2)13-11-18)25(29-24)14-6-3-7-15-25/h4-5,8-13,21,24,26-27H,3,6-7,14-16H2,1-2H3. The van der Waals surface area contributed by atoms with Crippen molar-refractivity contribution in [1.29, 1.82) is 0 Å². The van der Waals surface area contributed by atoms with Gasteiger partial charge >= 0.3 is 0 Å². The lowest BCUT2D eigenvalue weighted by atomic mass is 9.71. The number of para-hydroxylation sites is 1. The van der Waals surface area contributed by atoms with Crippen molar-refractivity contribution in [2.24, 2.45) is 0 Å². The molecule has 2 aromatic carbocycles. The summed E-state index contributed by atoms with van der Waals surface area (Å²) in [6.07, 6.45) is 5.98. The van der Waals surface area contributed by atoms with Crippen LogP contribution < -0.4 is 10.1 Å². The minimum atomic E-state index is -0.104. The van der Waals surface area contributed by atoms with Gasteiger partial charge in [-0.05, 0) is 43.5 Å². The zero-order chi connectivity index (χ0) is 19.8. The minimum absolute atomic E-state index is 0.0706. The van der Waals surface area contributed by atoms with E-state index in [9.17, 15) is 0 Å². The lowest BCUT2D eigenvalue weighted by Crippen LogP contribution is -2.53. The number of hydrogen-bond donors (Lipinski definition) is 2. The molecule has 2 unspecified atom stereocenters. The third-order valence-corrected chi connectivity index (χ3v) is 6.92. The molecule has 2 atom stereocenters. The van der Waals surface area contributed by atoms with Crippen molar-refractivity contribution >= 4 is 10.9 Å². The molecule has 0 radical (unpaired) electrons. The fraction of sp³-hybridized carbons (Fsp3) is 0.440. The first-order chi connectivity index (χ1) is 14.2. The van der Waals surface area contributed by atoms with E-state index in [4.69, 9.17) is 9.47 Å². The van der Waals surface area contributed by atoms with Crippen molar-refractivity contribution < 1.29 is 9.47 Å². The third kappa shape index (κ3) is 3.24. The maximum absolute atomic E-state index is 7.01. The van der Waals surface area contributed by atoms with E-state index in [1.165, 1.54) is 47.0 Å². The SMILES string of the molecule is COc1ccc(C2CNC(c3c(C)[nH]c4ccccc34)OC23CCCCC3)cc1. The Morgan fingerprint density at radius 2 is 1.76 bits per heavy atom. The van der Waals surface area contributed by atoms with Gasteiger partial charge in [-0.15, -0.1) is 0 Å². The largest absolute Gasteiger partial charge is 0.497 e. The summed E-state index contributed by atoms with van der Waals surface area (Å²) in [4.78, 5) is 3.54. The molecule has 1 saturated heterocycles. The van der Waals surface area contributed by atoms with Crippen molar-refractivity contribution in [2.75, 3.05) is 13.7 Å². The quantitative estimate of drug-likeness (QED) is 0.613. The van der Waals surface area contributed by atoms with Crippen LogP contribution in [0.1, 0.15) is 61.1 Å². The molecule has 1 aliphatic carbocycles. The number of ether oxygens (including phenoxy) is 2. The van der Waals surface area contributed by atoms with Crippen LogP contribution in [0.25, 0.3) is 10.9 Å². The first-order valence-corrected chi connectivity index (χ1v) is 10.8. The number of aryl methyl sites for hydroxylation is 1. The number of methoxy groups -OCH3 is 1. The zero-order valence-corrected chi connectivity index (χ0v) is 17.3. The van der Waals surface area contributed by atoms with Gasteiger partial charge in [0.1, 0.15) is 12.0 Å². The van der Waals surface area contributed by atoms with E-state index in [-0.39, 0.29) is 11.8 Å². The highest BCUT2D eigenvalue weighted by Crippen LogP contribution is 2.48. The van der Waals surface area contributed by atoms with Gasteiger partial charge < -0.3 is 14.5 Å². The van der Waals surface area contributed by atoms with E-state index >= 15 is 0 Å². The molecule has 3 aromatic rings. The smallest absolute Gasteiger partial charge is 0.137 e. The Balaban J connectivity index is 1.51. The molecule has 0 amide bonds. The van der Waals surface area contributed by atoms with Crippen LogP contribution in [0, 0.1) is 6.92 Å². The van der Waals surface area contributed by atoms with Crippen LogP contribution in [-0.2, 0) is 4.74 Å². The average molecular weight is 391 g/mol. The van der Waals surface area contributed by atoms with Gasteiger partial charge in [0.05, 0.1) is 12.7 Å². The number of aromatic nitrogens is 1. The summed E-state index contributed by atoms with van der Waals surface area (Å²) in [5.41, 5.74) is 4.87. The number of nitrogens with one attached hydrogen (secondary N) is 2. The number of rotatable bonds is 3. The topological polar surface area (TPSA) is 46.3 Å². The zero-order valence-electron chi connectivity index (χ0n) is 17.3. The van der Waals surface area contributed by atoms with Gasteiger partial charge in [-0.2, -0.15) is 0 Å². The second-order valence-corrected chi connectivity index (χ2v) is 8.57. The van der Waals surface area contributed by atoms with Crippen LogP contribution in [0.15, 0.2) is 48.5 Å². The summed E-state index contributed by atoms with van der Waals surface area (Å²) in [7, 11) is 1.72. The number of H-pyrrole nitrogens is 1. The van der Waals surface area contributed by atoms with Crippen molar-refractivity contribution in [2.45, 2.75) is 56.8 Å². The maximum atomic E-state index is 7.01. The molecule has 1 aromatic heterocycles. The number of hydrogen-bond acceptors (Lipinski definition) is 3. The van der Waals surface area contributed by atoms with Gasteiger partial charge in [-0.1, -0.05) is 49.6 Å². The predicted octanol–water partition coefficient (Wildman–Crippen LogP) is 5.59. The van der Waals surface area contributed by atoms with Crippen LogP contribution in [0.4, 0.5) is 0 Å². The van der Waals surface area contributed by atoms with Crippen LogP contribution in [0.3, 0.4) is 0 Å².